The highest BCUT2D eigenvalue weighted by Crippen LogP contribution is 2.37. The monoisotopic (exact) mass is 304 g/mol. The van der Waals surface area contributed by atoms with Crippen LogP contribution in [-0.2, 0) is 24.7 Å². The number of aromatic nitrogens is 2. The number of aryl methyl sites for hydroxylation is 2. The molecule has 112 valence electrons. The molecule has 1 fully saturated rings. The van der Waals surface area contributed by atoms with Crippen LogP contribution in [0.5, 0.6) is 0 Å². The summed E-state index contributed by atoms with van der Waals surface area (Å²) in [5.74, 6) is -2.88. The fraction of sp³-hybridized carbons (Fsp3) is 0.714. The third kappa shape index (κ3) is 3.19. The molecule has 20 heavy (non-hydrogen) atoms. The molecule has 2 rings (SSSR count). The summed E-state index contributed by atoms with van der Waals surface area (Å²) in [6, 6.07) is 0. The number of Topliss-reactive ketones (excluding diaryl/α,β-unsaturated/α-hetero) is 1. The van der Waals surface area contributed by atoms with Crippen molar-refractivity contribution in [3.05, 3.63) is 16.4 Å². The van der Waals surface area contributed by atoms with Crippen molar-refractivity contribution in [2.75, 3.05) is 0 Å². The average molecular weight is 305 g/mol. The molecule has 0 amide bonds. The van der Waals surface area contributed by atoms with E-state index in [1.165, 1.54) is 0 Å². The molecule has 0 atom stereocenters. The van der Waals surface area contributed by atoms with Crippen molar-refractivity contribution in [3.8, 4) is 0 Å². The summed E-state index contributed by atoms with van der Waals surface area (Å²) in [6.45, 7) is 1.95. The third-order valence-electron chi connectivity index (χ3n) is 4.02. The fourth-order valence-corrected chi connectivity index (χ4v) is 3.04. The van der Waals surface area contributed by atoms with Crippen LogP contribution in [0.1, 0.15) is 44.0 Å². The zero-order valence-electron chi connectivity index (χ0n) is 11.8. The summed E-state index contributed by atoms with van der Waals surface area (Å²) >= 11 is 6.20. The summed E-state index contributed by atoms with van der Waals surface area (Å²) in [6.07, 6.45) is 1.03. The molecule has 1 aliphatic rings. The lowest BCUT2D eigenvalue weighted by Gasteiger charge is -2.27. The molecule has 1 aromatic rings. The van der Waals surface area contributed by atoms with E-state index in [0.29, 0.717) is 17.1 Å². The Bertz CT molecular complexity index is 504. The molecular weight excluding hydrogens is 286 g/mol. The predicted molar refractivity (Wildman–Crippen MR) is 73.2 cm³/mol. The standard InChI is InChI=1S/C14H19ClF2N2O/c1-3-10-13(15)11(19(2)18-10)8-12(20)9-4-6-14(16,17)7-5-9/h9H,3-8H2,1-2H3. The third-order valence-corrected chi connectivity index (χ3v) is 4.45. The van der Waals surface area contributed by atoms with Crippen LogP contribution in [0.3, 0.4) is 0 Å². The van der Waals surface area contributed by atoms with Gasteiger partial charge >= 0.3 is 0 Å². The number of halogens is 3. The molecule has 3 nitrogen and oxygen atoms in total. The maximum absolute atomic E-state index is 13.1. The van der Waals surface area contributed by atoms with Gasteiger partial charge in [0.2, 0.25) is 5.92 Å². The largest absolute Gasteiger partial charge is 0.299 e. The molecule has 0 saturated heterocycles. The molecule has 6 heteroatoms. The van der Waals surface area contributed by atoms with Gasteiger partial charge in [0.25, 0.3) is 0 Å². The van der Waals surface area contributed by atoms with Crippen LogP contribution in [-0.4, -0.2) is 21.5 Å². The van der Waals surface area contributed by atoms with Gasteiger partial charge in [-0.3, -0.25) is 9.48 Å². The van der Waals surface area contributed by atoms with E-state index in [2.05, 4.69) is 5.10 Å². The Morgan fingerprint density at radius 3 is 2.55 bits per heavy atom. The number of rotatable bonds is 4. The van der Waals surface area contributed by atoms with Gasteiger partial charge in [-0.2, -0.15) is 5.10 Å². The van der Waals surface area contributed by atoms with E-state index >= 15 is 0 Å². The van der Waals surface area contributed by atoms with Gasteiger partial charge in [-0.05, 0) is 19.3 Å². The molecule has 0 aliphatic heterocycles. The van der Waals surface area contributed by atoms with Gasteiger partial charge in [0.15, 0.2) is 0 Å². The number of hydrogen-bond donors (Lipinski definition) is 0. The lowest BCUT2D eigenvalue weighted by Crippen LogP contribution is -2.29. The van der Waals surface area contributed by atoms with Crippen LogP contribution in [0.15, 0.2) is 0 Å². The zero-order valence-corrected chi connectivity index (χ0v) is 12.5. The van der Waals surface area contributed by atoms with Gasteiger partial charge in [0, 0.05) is 25.8 Å². The van der Waals surface area contributed by atoms with E-state index in [4.69, 9.17) is 11.6 Å². The van der Waals surface area contributed by atoms with E-state index in [0.717, 1.165) is 5.69 Å². The van der Waals surface area contributed by atoms with Crippen molar-refractivity contribution in [2.45, 2.75) is 51.4 Å². The van der Waals surface area contributed by atoms with Crippen LogP contribution >= 0.6 is 11.6 Å². The minimum atomic E-state index is -2.60. The Hall–Kier alpha value is -0.970. The smallest absolute Gasteiger partial charge is 0.248 e. The van der Waals surface area contributed by atoms with Gasteiger partial charge in [-0.15, -0.1) is 0 Å². The summed E-state index contributed by atoms with van der Waals surface area (Å²) in [7, 11) is 1.75. The lowest BCUT2D eigenvalue weighted by molar-refractivity contribution is -0.126. The molecule has 0 unspecified atom stereocenters. The van der Waals surface area contributed by atoms with Crippen LogP contribution in [0.25, 0.3) is 0 Å². The fourth-order valence-electron chi connectivity index (χ4n) is 2.68. The van der Waals surface area contributed by atoms with Crippen molar-refractivity contribution in [2.24, 2.45) is 13.0 Å². The van der Waals surface area contributed by atoms with Crippen LogP contribution in [0.4, 0.5) is 8.78 Å². The van der Waals surface area contributed by atoms with Gasteiger partial charge in [-0.25, -0.2) is 8.78 Å². The zero-order chi connectivity index (χ0) is 14.9. The van der Waals surface area contributed by atoms with E-state index in [1.807, 2.05) is 6.92 Å². The van der Waals surface area contributed by atoms with Gasteiger partial charge in [-0.1, -0.05) is 18.5 Å². The van der Waals surface area contributed by atoms with Crippen LogP contribution in [0, 0.1) is 5.92 Å². The Morgan fingerprint density at radius 1 is 1.45 bits per heavy atom. The first-order valence-electron chi connectivity index (χ1n) is 6.95. The number of carbonyl (C=O) groups is 1. The number of hydrogen-bond acceptors (Lipinski definition) is 2. The Kier molecular flexibility index (Phi) is 4.47. The maximum Gasteiger partial charge on any atom is 0.248 e. The summed E-state index contributed by atoms with van der Waals surface area (Å²) in [4.78, 5) is 12.2. The highest BCUT2D eigenvalue weighted by Gasteiger charge is 2.37. The van der Waals surface area contributed by atoms with Crippen molar-refractivity contribution >= 4 is 17.4 Å². The van der Waals surface area contributed by atoms with Gasteiger partial charge < -0.3 is 0 Å². The summed E-state index contributed by atoms with van der Waals surface area (Å²) < 4.78 is 27.8. The topological polar surface area (TPSA) is 34.9 Å². The minimum Gasteiger partial charge on any atom is -0.299 e. The maximum atomic E-state index is 13.1. The molecule has 1 saturated carbocycles. The molecule has 0 N–H and O–H groups in total. The number of alkyl halides is 2. The summed E-state index contributed by atoms with van der Waals surface area (Å²) in [5, 5.41) is 4.79. The quantitative estimate of drug-likeness (QED) is 0.852. The van der Waals surface area contributed by atoms with Crippen LogP contribution < -0.4 is 0 Å². The second kappa shape index (κ2) is 5.80. The highest BCUT2D eigenvalue weighted by atomic mass is 35.5. The second-order valence-corrected chi connectivity index (χ2v) is 5.84. The van der Waals surface area contributed by atoms with Crippen molar-refractivity contribution in [3.63, 3.8) is 0 Å². The lowest BCUT2D eigenvalue weighted by atomic mass is 9.83. The first-order valence-corrected chi connectivity index (χ1v) is 7.32. The number of nitrogens with zero attached hydrogens (tertiary/aromatic N) is 2. The van der Waals surface area contributed by atoms with Crippen molar-refractivity contribution < 1.29 is 13.6 Å². The van der Waals surface area contributed by atoms with E-state index in [1.54, 1.807) is 11.7 Å². The first kappa shape index (κ1) is 15.4. The molecule has 0 radical (unpaired) electrons. The van der Waals surface area contributed by atoms with E-state index in [-0.39, 0.29) is 43.8 Å². The molecule has 1 heterocycles. The Labute approximate surface area is 122 Å². The second-order valence-electron chi connectivity index (χ2n) is 5.46. The van der Waals surface area contributed by atoms with Crippen molar-refractivity contribution in [1.29, 1.82) is 0 Å². The molecule has 1 aromatic heterocycles. The molecule has 0 spiro atoms. The van der Waals surface area contributed by atoms with Crippen molar-refractivity contribution in [1.82, 2.24) is 9.78 Å². The SMILES string of the molecule is CCc1nn(C)c(CC(=O)C2CCC(F)(F)CC2)c1Cl. The molecule has 0 aromatic carbocycles. The molecule has 0 bridgehead atoms. The first-order chi connectivity index (χ1) is 9.34. The number of carbonyl (C=O) groups excluding carboxylic acids is 1. The van der Waals surface area contributed by atoms with Gasteiger partial charge in [0.05, 0.1) is 22.8 Å². The summed E-state index contributed by atoms with van der Waals surface area (Å²) in [5.41, 5.74) is 1.46. The van der Waals surface area contributed by atoms with Gasteiger partial charge in [0.1, 0.15) is 5.78 Å². The minimum absolute atomic E-state index is 0.00643. The normalized spacial score (nSPS) is 19.2. The predicted octanol–water partition coefficient (Wildman–Crippen LogP) is 3.57. The molecular formula is C14H19ClF2N2O. The Balaban J connectivity index is 2.04. The van der Waals surface area contributed by atoms with E-state index < -0.39 is 5.92 Å². The Morgan fingerprint density at radius 2 is 2.05 bits per heavy atom. The van der Waals surface area contributed by atoms with Crippen LogP contribution in [0.2, 0.25) is 5.02 Å². The number of ketones is 1. The highest BCUT2D eigenvalue weighted by molar-refractivity contribution is 6.32. The molecule has 1 aliphatic carbocycles. The average Bonchev–Trinajstić information content (AvgIpc) is 2.66. The van der Waals surface area contributed by atoms with E-state index in [9.17, 15) is 13.6 Å².